The van der Waals surface area contributed by atoms with E-state index in [2.05, 4.69) is 5.32 Å². The summed E-state index contributed by atoms with van der Waals surface area (Å²) in [6.45, 7) is -0.626. The van der Waals surface area contributed by atoms with Gasteiger partial charge in [-0.15, -0.1) is 0 Å². The van der Waals surface area contributed by atoms with Crippen molar-refractivity contribution in [1.29, 1.82) is 0 Å². The number of carboxylic acid groups (broad SMARTS) is 2. The molecular weight excluding hydrogens is 181 g/mol. The molecule has 0 bridgehead atoms. The third-order valence-corrected chi connectivity index (χ3v) is 0.552. The Hall–Kier alpha value is -0.180. The van der Waals surface area contributed by atoms with E-state index >= 15 is 0 Å². The third-order valence-electron chi connectivity index (χ3n) is 0.552. The van der Waals surface area contributed by atoms with Crippen LogP contribution in [0.25, 0.3) is 0 Å². The Morgan fingerprint density at radius 1 is 1.00 bits per heavy atom. The molecule has 1 radical (unpaired) electrons. The van der Waals surface area contributed by atoms with E-state index in [1.54, 1.807) is 0 Å². The van der Waals surface area contributed by atoms with Crippen LogP contribution in [0.1, 0.15) is 0 Å². The maximum absolute atomic E-state index is 9.73. The fourth-order valence-corrected chi connectivity index (χ4v) is 0.276. The summed E-state index contributed by atoms with van der Waals surface area (Å²) in [4.78, 5) is 19.5. The minimum atomic E-state index is -1.06. The number of hydrogen-bond acceptors (Lipinski definition) is 3. The molecule has 0 aliphatic heterocycles. The number of nitrogens with one attached hydrogen (secondary N) is 1. The van der Waals surface area contributed by atoms with Gasteiger partial charge in [-0.05, 0) is 0 Å². The van der Waals surface area contributed by atoms with E-state index in [-0.39, 0.29) is 53.6 Å². The van der Waals surface area contributed by atoms with Gasteiger partial charge in [-0.2, -0.15) is 0 Å². The summed E-state index contributed by atoms with van der Waals surface area (Å²) in [5, 5.41) is 18.1. The molecule has 69 valence electrons. The van der Waals surface area contributed by atoms with E-state index in [1.807, 2.05) is 0 Å². The molecule has 0 aliphatic rings. The van der Waals surface area contributed by atoms with Crippen LogP contribution in [0.3, 0.4) is 0 Å². The average molecular weight is 192 g/mol. The van der Waals surface area contributed by atoms with Crippen LogP contribution >= 0.6 is 0 Å². The van der Waals surface area contributed by atoms with Gasteiger partial charge in [0.05, 0.1) is 13.1 Å². The van der Waals surface area contributed by atoms with E-state index in [9.17, 15) is 9.59 Å². The first-order valence-corrected chi connectivity index (χ1v) is 2.27. The summed E-state index contributed by atoms with van der Waals surface area (Å²) in [7, 11) is 0. The minimum absolute atomic E-state index is 0. The zero-order chi connectivity index (χ0) is 7.28. The quantitative estimate of drug-likeness (QED) is 0.399. The van der Waals surface area contributed by atoms with Crippen LogP contribution < -0.4 is 5.32 Å². The second-order valence-corrected chi connectivity index (χ2v) is 1.39. The van der Waals surface area contributed by atoms with Crippen molar-refractivity contribution in [3.05, 3.63) is 0 Å². The Labute approximate surface area is 90.7 Å². The van der Waals surface area contributed by atoms with Gasteiger partial charge < -0.3 is 21.2 Å². The number of carboxylic acids is 2. The van der Waals surface area contributed by atoms with E-state index in [0.717, 1.165) is 0 Å². The largest absolute Gasteiger partial charge is 0.480 e. The number of hydrogen-bond donors (Lipinski definition) is 3. The smallest absolute Gasteiger partial charge is 0.317 e. The maximum atomic E-state index is 9.73. The normalized spacial score (nSPS) is 6.67. The molecule has 12 heavy (non-hydrogen) atoms. The predicted molar refractivity (Wildman–Crippen MR) is 41.1 cm³/mol. The molecule has 0 rings (SSSR count). The number of aliphatic carboxylic acids is 2. The van der Waals surface area contributed by atoms with Crippen LogP contribution in [0.2, 0.25) is 0 Å². The third kappa shape index (κ3) is 22.6. The Balaban J connectivity index is -0.000000107. The van der Waals surface area contributed by atoms with Gasteiger partial charge in [0.2, 0.25) is 0 Å². The molecule has 0 atom stereocenters. The Morgan fingerprint density at radius 3 is 1.42 bits per heavy atom. The molecular formula is C4H11NNaO6. The van der Waals surface area contributed by atoms with Gasteiger partial charge in [-0.3, -0.25) is 14.9 Å². The van der Waals surface area contributed by atoms with Gasteiger partial charge in [0.25, 0.3) is 0 Å². The van der Waals surface area contributed by atoms with E-state index < -0.39 is 11.9 Å². The van der Waals surface area contributed by atoms with Crippen LogP contribution in [0, 0.1) is 0 Å². The first-order chi connectivity index (χ1) is 4.13. The molecule has 7 N–H and O–H groups in total. The molecule has 0 unspecified atom stereocenters. The van der Waals surface area contributed by atoms with E-state index in [1.165, 1.54) is 0 Å². The van der Waals surface area contributed by atoms with Gasteiger partial charge in [0, 0.05) is 29.6 Å². The van der Waals surface area contributed by atoms with Gasteiger partial charge in [0.15, 0.2) is 0 Å². The monoisotopic (exact) mass is 192 g/mol. The molecule has 0 fully saturated rings. The first-order valence-electron chi connectivity index (χ1n) is 2.27. The predicted octanol–water partition coefficient (Wildman–Crippen LogP) is -3.28. The Morgan fingerprint density at radius 2 is 1.25 bits per heavy atom. The van der Waals surface area contributed by atoms with Crippen molar-refractivity contribution in [2.45, 2.75) is 0 Å². The molecule has 0 aliphatic carbocycles. The summed E-state index contributed by atoms with van der Waals surface area (Å²) >= 11 is 0. The van der Waals surface area contributed by atoms with Crippen molar-refractivity contribution in [2.75, 3.05) is 13.1 Å². The fourth-order valence-electron chi connectivity index (χ4n) is 0.276. The van der Waals surface area contributed by atoms with Crippen LogP contribution in [0.4, 0.5) is 0 Å². The van der Waals surface area contributed by atoms with Crippen LogP contribution in [-0.4, -0.2) is 75.8 Å². The molecule has 0 amide bonds. The van der Waals surface area contributed by atoms with Crippen molar-refractivity contribution < 1.29 is 30.8 Å². The second kappa shape index (κ2) is 13.4. The molecule has 0 aromatic rings. The van der Waals surface area contributed by atoms with E-state index in [4.69, 9.17) is 10.2 Å². The topological polar surface area (TPSA) is 150 Å². The van der Waals surface area contributed by atoms with Crippen LogP contribution in [0.15, 0.2) is 0 Å². The SMILES string of the molecule is O.O.O=C(O)CNCC(=O)O.[Na]. The Bertz CT molecular complexity index is 115. The van der Waals surface area contributed by atoms with Gasteiger partial charge >= 0.3 is 11.9 Å². The van der Waals surface area contributed by atoms with Gasteiger partial charge in [-0.25, -0.2) is 0 Å². The summed E-state index contributed by atoms with van der Waals surface area (Å²) in [5.74, 6) is -2.12. The van der Waals surface area contributed by atoms with Crippen LogP contribution in [-0.2, 0) is 9.59 Å². The molecule has 8 heteroatoms. The van der Waals surface area contributed by atoms with Crippen molar-refractivity contribution in [2.24, 2.45) is 0 Å². The zero-order valence-corrected chi connectivity index (χ0v) is 8.63. The number of carbonyl (C=O) groups is 2. The summed E-state index contributed by atoms with van der Waals surface area (Å²) in [6, 6.07) is 0. The molecule has 0 aromatic heterocycles. The average Bonchev–Trinajstić information content (AvgIpc) is 1.63. The molecule has 7 nitrogen and oxygen atoms in total. The molecule has 0 aromatic carbocycles. The van der Waals surface area contributed by atoms with E-state index in [0.29, 0.717) is 0 Å². The van der Waals surface area contributed by atoms with Crippen LogP contribution in [0.5, 0.6) is 0 Å². The summed E-state index contributed by atoms with van der Waals surface area (Å²) in [6.07, 6.45) is 0. The zero-order valence-electron chi connectivity index (χ0n) is 6.63. The molecule has 0 saturated carbocycles. The molecule has 0 spiro atoms. The van der Waals surface area contributed by atoms with Gasteiger partial charge in [0.1, 0.15) is 0 Å². The van der Waals surface area contributed by atoms with Crippen molar-refractivity contribution in [3.8, 4) is 0 Å². The summed E-state index contributed by atoms with van der Waals surface area (Å²) < 4.78 is 0. The second-order valence-electron chi connectivity index (χ2n) is 1.39. The maximum Gasteiger partial charge on any atom is 0.317 e. The van der Waals surface area contributed by atoms with Gasteiger partial charge in [-0.1, -0.05) is 0 Å². The molecule has 0 heterocycles. The first kappa shape index (κ1) is 22.6. The molecule has 0 saturated heterocycles. The van der Waals surface area contributed by atoms with Crippen molar-refractivity contribution in [3.63, 3.8) is 0 Å². The minimum Gasteiger partial charge on any atom is -0.480 e. The number of rotatable bonds is 4. The standard InChI is InChI=1S/C4H7NO4.Na.2H2O/c6-3(7)1-5-2-4(8)9;;;/h5H,1-2H2,(H,6,7)(H,8,9);;2*1H2. The van der Waals surface area contributed by atoms with Crippen molar-refractivity contribution in [1.82, 2.24) is 5.32 Å². The fraction of sp³-hybridized carbons (Fsp3) is 0.500. The summed E-state index contributed by atoms with van der Waals surface area (Å²) in [5.41, 5.74) is 0. The van der Waals surface area contributed by atoms with Crippen molar-refractivity contribution >= 4 is 41.5 Å². The Kier molecular flexibility index (Phi) is 25.3.